The Bertz CT molecular complexity index is 713. The summed E-state index contributed by atoms with van der Waals surface area (Å²) in [5.74, 6) is 0.883. The van der Waals surface area contributed by atoms with Gasteiger partial charge in [0.1, 0.15) is 4.88 Å². The van der Waals surface area contributed by atoms with Crippen molar-refractivity contribution < 1.29 is 4.79 Å². The highest BCUT2D eigenvalue weighted by molar-refractivity contribution is 7.21. The van der Waals surface area contributed by atoms with Crippen molar-refractivity contribution in [3.63, 3.8) is 0 Å². The zero-order valence-electron chi connectivity index (χ0n) is 12.3. The molecule has 2 fully saturated rings. The Balaban J connectivity index is 1.70. The molecule has 2 N–H and O–H groups in total. The number of fused-ring (bicyclic) bond motifs is 1. The van der Waals surface area contributed by atoms with Crippen LogP contribution < -0.4 is 5.73 Å². The summed E-state index contributed by atoms with van der Waals surface area (Å²) in [6, 6.07) is 6.68. The predicted molar refractivity (Wildman–Crippen MR) is 87.8 cm³/mol. The van der Waals surface area contributed by atoms with E-state index in [1.54, 1.807) is 11.3 Å². The molecule has 2 aliphatic rings. The number of benzene rings is 1. The van der Waals surface area contributed by atoms with Crippen LogP contribution >= 0.6 is 11.3 Å². The molecule has 2 aromatic rings. The van der Waals surface area contributed by atoms with Crippen LogP contribution in [0.25, 0.3) is 10.1 Å². The molecule has 21 heavy (non-hydrogen) atoms. The maximum atomic E-state index is 12.9. The van der Waals surface area contributed by atoms with Gasteiger partial charge in [-0.05, 0) is 50.2 Å². The second kappa shape index (κ2) is 4.73. The van der Waals surface area contributed by atoms with Crippen molar-refractivity contribution in [1.82, 2.24) is 4.90 Å². The normalized spacial score (nSPS) is 18.1. The van der Waals surface area contributed by atoms with Gasteiger partial charge < -0.3 is 10.6 Å². The van der Waals surface area contributed by atoms with Gasteiger partial charge in [-0.2, -0.15) is 0 Å². The van der Waals surface area contributed by atoms with E-state index in [1.807, 2.05) is 6.07 Å². The Morgan fingerprint density at radius 3 is 2.76 bits per heavy atom. The maximum absolute atomic E-state index is 12.9. The van der Waals surface area contributed by atoms with E-state index in [9.17, 15) is 4.79 Å². The van der Waals surface area contributed by atoms with E-state index >= 15 is 0 Å². The Morgan fingerprint density at radius 2 is 2.10 bits per heavy atom. The number of nitrogen functional groups attached to an aromatic ring is 1. The van der Waals surface area contributed by atoms with Crippen molar-refractivity contribution in [2.24, 2.45) is 5.92 Å². The highest BCUT2D eigenvalue weighted by Crippen LogP contribution is 2.39. The number of nitrogens with two attached hydrogens (primary N) is 1. The van der Waals surface area contributed by atoms with Gasteiger partial charge in [-0.15, -0.1) is 11.3 Å². The van der Waals surface area contributed by atoms with E-state index in [2.05, 4.69) is 24.0 Å². The van der Waals surface area contributed by atoms with Gasteiger partial charge in [0.05, 0.1) is 5.69 Å². The Morgan fingerprint density at radius 1 is 1.33 bits per heavy atom. The van der Waals surface area contributed by atoms with Crippen LogP contribution in [0.4, 0.5) is 5.69 Å². The highest BCUT2D eigenvalue weighted by atomic mass is 32.1. The van der Waals surface area contributed by atoms with Gasteiger partial charge in [0.15, 0.2) is 0 Å². The standard InChI is InChI=1S/C17H20N2OS/c1-10-2-7-13-14(8-10)21-16(15(13)18)17(20)19(12-5-6-12)9-11-3-4-11/h2,7-8,11-12H,3-6,9,18H2,1H3. The molecule has 3 nitrogen and oxygen atoms in total. The van der Waals surface area contributed by atoms with Crippen LogP contribution in [0.15, 0.2) is 18.2 Å². The van der Waals surface area contributed by atoms with Crippen LogP contribution in [0, 0.1) is 12.8 Å². The predicted octanol–water partition coefficient (Wildman–Crippen LogP) is 3.81. The second-order valence-electron chi connectivity index (χ2n) is 6.48. The van der Waals surface area contributed by atoms with E-state index in [0.29, 0.717) is 11.7 Å². The molecule has 4 heteroatoms. The second-order valence-corrected chi connectivity index (χ2v) is 7.53. The van der Waals surface area contributed by atoms with Crippen LogP contribution in [0.1, 0.15) is 40.9 Å². The van der Waals surface area contributed by atoms with E-state index in [0.717, 1.165) is 40.3 Å². The van der Waals surface area contributed by atoms with Gasteiger partial charge in [0.2, 0.25) is 0 Å². The molecule has 1 amide bonds. The average Bonchev–Trinajstić information content (AvgIpc) is 3.34. The number of rotatable bonds is 4. The molecule has 4 rings (SSSR count). The van der Waals surface area contributed by atoms with Gasteiger partial charge in [0.25, 0.3) is 5.91 Å². The van der Waals surface area contributed by atoms with E-state index in [-0.39, 0.29) is 5.91 Å². The number of carbonyl (C=O) groups excluding carboxylic acids is 1. The first kappa shape index (κ1) is 13.1. The van der Waals surface area contributed by atoms with Crippen LogP contribution in [-0.4, -0.2) is 23.4 Å². The number of nitrogens with zero attached hydrogens (tertiary/aromatic N) is 1. The lowest BCUT2D eigenvalue weighted by atomic mass is 10.1. The van der Waals surface area contributed by atoms with E-state index in [4.69, 9.17) is 5.73 Å². The zero-order valence-corrected chi connectivity index (χ0v) is 13.1. The topological polar surface area (TPSA) is 46.3 Å². The van der Waals surface area contributed by atoms with Gasteiger partial charge in [-0.3, -0.25) is 4.79 Å². The summed E-state index contributed by atoms with van der Waals surface area (Å²) in [5.41, 5.74) is 8.13. The summed E-state index contributed by atoms with van der Waals surface area (Å²) in [6.07, 6.45) is 4.86. The minimum atomic E-state index is 0.153. The van der Waals surface area contributed by atoms with E-state index < -0.39 is 0 Å². The van der Waals surface area contributed by atoms with Crippen LogP contribution in [0.2, 0.25) is 0 Å². The smallest absolute Gasteiger partial charge is 0.266 e. The minimum Gasteiger partial charge on any atom is -0.397 e. The number of hydrogen-bond acceptors (Lipinski definition) is 3. The fraction of sp³-hybridized carbons (Fsp3) is 0.471. The zero-order chi connectivity index (χ0) is 14.6. The van der Waals surface area contributed by atoms with Crippen LogP contribution in [0.5, 0.6) is 0 Å². The van der Waals surface area contributed by atoms with Crippen molar-refractivity contribution in [2.75, 3.05) is 12.3 Å². The number of amides is 1. The largest absolute Gasteiger partial charge is 0.397 e. The molecular weight excluding hydrogens is 280 g/mol. The summed E-state index contributed by atoms with van der Waals surface area (Å²) in [4.78, 5) is 15.7. The molecule has 110 valence electrons. The SMILES string of the molecule is Cc1ccc2c(N)c(C(=O)N(CC3CC3)C3CC3)sc2c1. The molecule has 0 atom stereocenters. The van der Waals surface area contributed by atoms with E-state index in [1.165, 1.54) is 18.4 Å². The molecule has 0 spiro atoms. The number of anilines is 1. The lowest BCUT2D eigenvalue weighted by molar-refractivity contribution is 0.0741. The molecule has 0 aliphatic heterocycles. The Hall–Kier alpha value is -1.55. The lowest BCUT2D eigenvalue weighted by Gasteiger charge is -2.21. The molecule has 0 saturated heterocycles. The molecule has 1 heterocycles. The third-order valence-electron chi connectivity index (χ3n) is 4.48. The Kier molecular flexibility index (Phi) is 2.96. The summed E-state index contributed by atoms with van der Waals surface area (Å²) in [7, 11) is 0. The first-order valence-electron chi connectivity index (χ1n) is 7.73. The Labute approximate surface area is 128 Å². The van der Waals surface area contributed by atoms with Crippen molar-refractivity contribution in [1.29, 1.82) is 0 Å². The minimum absolute atomic E-state index is 0.153. The molecule has 1 aromatic heterocycles. The molecule has 2 saturated carbocycles. The molecule has 0 unspecified atom stereocenters. The number of carbonyl (C=O) groups is 1. The third kappa shape index (κ3) is 2.42. The van der Waals surface area contributed by atoms with Gasteiger partial charge in [0, 0.05) is 22.7 Å². The van der Waals surface area contributed by atoms with Gasteiger partial charge in [-0.1, -0.05) is 12.1 Å². The van der Waals surface area contributed by atoms with Crippen molar-refractivity contribution in [2.45, 2.75) is 38.6 Å². The fourth-order valence-electron chi connectivity index (χ4n) is 2.88. The van der Waals surface area contributed by atoms with Crippen LogP contribution in [-0.2, 0) is 0 Å². The number of hydrogen-bond donors (Lipinski definition) is 1. The molecule has 0 radical (unpaired) electrons. The molecule has 1 aromatic carbocycles. The van der Waals surface area contributed by atoms with Crippen molar-refractivity contribution in [3.05, 3.63) is 28.6 Å². The maximum Gasteiger partial charge on any atom is 0.266 e. The summed E-state index contributed by atoms with van der Waals surface area (Å²) >= 11 is 1.55. The average molecular weight is 300 g/mol. The summed E-state index contributed by atoms with van der Waals surface area (Å²) < 4.78 is 1.12. The first-order chi connectivity index (χ1) is 10.1. The fourth-order valence-corrected chi connectivity index (χ4v) is 4.05. The quantitative estimate of drug-likeness (QED) is 0.933. The molecule has 0 bridgehead atoms. The monoisotopic (exact) mass is 300 g/mol. The number of thiophene rings is 1. The molecular formula is C17H20N2OS. The van der Waals surface area contributed by atoms with Crippen molar-refractivity contribution >= 4 is 33.0 Å². The van der Waals surface area contributed by atoms with Gasteiger partial charge in [-0.25, -0.2) is 0 Å². The highest BCUT2D eigenvalue weighted by Gasteiger charge is 2.38. The lowest BCUT2D eigenvalue weighted by Crippen LogP contribution is -2.34. The van der Waals surface area contributed by atoms with Crippen molar-refractivity contribution in [3.8, 4) is 0 Å². The number of aryl methyl sites for hydroxylation is 1. The summed E-state index contributed by atoms with van der Waals surface area (Å²) in [5, 5.41) is 1.02. The first-order valence-corrected chi connectivity index (χ1v) is 8.54. The molecule has 2 aliphatic carbocycles. The third-order valence-corrected chi connectivity index (χ3v) is 5.63. The van der Waals surface area contributed by atoms with Crippen LogP contribution in [0.3, 0.4) is 0 Å². The summed E-state index contributed by atoms with van der Waals surface area (Å²) in [6.45, 7) is 3.00. The van der Waals surface area contributed by atoms with Gasteiger partial charge >= 0.3 is 0 Å².